The highest BCUT2D eigenvalue weighted by atomic mass is 32.2. The SMILES string of the molecule is Cc1ccc(S(=O)(=O)Nc2ccc(SC(C)C(=O)N3c4ccccc4Sc4ccccc43)cc2)cc1. The van der Waals surface area contributed by atoms with Gasteiger partial charge in [-0.25, -0.2) is 8.42 Å². The fourth-order valence-corrected chi connectivity index (χ4v) is 6.94. The van der Waals surface area contributed by atoms with Crippen molar-refractivity contribution in [3.63, 3.8) is 0 Å². The molecule has 1 amide bonds. The average molecular weight is 533 g/mol. The molecule has 1 heterocycles. The molecule has 0 spiro atoms. The third kappa shape index (κ3) is 5.02. The second-order valence-corrected chi connectivity index (χ2v) is 12.6. The summed E-state index contributed by atoms with van der Waals surface area (Å²) in [6.07, 6.45) is 0. The van der Waals surface area contributed by atoms with Crippen LogP contribution in [0.3, 0.4) is 0 Å². The van der Waals surface area contributed by atoms with E-state index in [0.29, 0.717) is 5.69 Å². The Labute approximate surface area is 220 Å². The highest BCUT2D eigenvalue weighted by Crippen LogP contribution is 2.48. The normalized spacial score (nSPS) is 13.4. The molecule has 0 fully saturated rings. The maximum atomic E-state index is 13.7. The van der Waals surface area contributed by atoms with E-state index in [9.17, 15) is 13.2 Å². The number of para-hydroxylation sites is 2. The molecule has 1 unspecified atom stereocenters. The van der Waals surface area contributed by atoms with Gasteiger partial charge >= 0.3 is 0 Å². The number of thioether (sulfide) groups is 1. The number of rotatable bonds is 6. The zero-order chi connectivity index (χ0) is 25.3. The van der Waals surface area contributed by atoms with Gasteiger partial charge in [0.2, 0.25) is 5.91 Å². The number of fused-ring (bicyclic) bond motifs is 2. The second-order valence-electron chi connectivity index (χ2n) is 8.41. The molecule has 0 bridgehead atoms. The van der Waals surface area contributed by atoms with Crippen molar-refractivity contribution in [1.29, 1.82) is 0 Å². The van der Waals surface area contributed by atoms with Crippen LogP contribution in [0.1, 0.15) is 12.5 Å². The van der Waals surface area contributed by atoms with Gasteiger partial charge in [-0.2, -0.15) is 0 Å². The first-order valence-electron chi connectivity index (χ1n) is 11.4. The largest absolute Gasteiger partial charge is 0.280 e. The highest BCUT2D eigenvalue weighted by molar-refractivity contribution is 8.00. The lowest BCUT2D eigenvalue weighted by Gasteiger charge is -2.32. The molecule has 8 heteroatoms. The molecule has 1 aliphatic heterocycles. The molecule has 0 saturated carbocycles. The van der Waals surface area contributed by atoms with E-state index in [0.717, 1.165) is 31.6 Å². The highest BCUT2D eigenvalue weighted by Gasteiger charge is 2.31. The Bertz CT molecular complexity index is 1470. The number of nitrogens with zero attached hydrogens (tertiary/aromatic N) is 1. The summed E-state index contributed by atoms with van der Waals surface area (Å²) in [6, 6.07) is 29.7. The summed E-state index contributed by atoms with van der Waals surface area (Å²) in [6.45, 7) is 3.81. The quantitative estimate of drug-likeness (QED) is 0.268. The van der Waals surface area contributed by atoms with E-state index >= 15 is 0 Å². The minimum absolute atomic E-state index is 0.00986. The van der Waals surface area contributed by atoms with Gasteiger partial charge in [0.25, 0.3) is 10.0 Å². The fourth-order valence-electron chi connectivity index (χ4n) is 3.91. The molecule has 0 aliphatic carbocycles. The number of carbonyl (C=O) groups excluding carboxylic acids is 1. The topological polar surface area (TPSA) is 66.5 Å². The summed E-state index contributed by atoms with van der Waals surface area (Å²) in [5.74, 6) is -0.00986. The van der Waals surface area contributed by atoms with E-state index in [1.807, 2.05) is 79.4 Å². The van der Waals surface area contributed by atoms with Gasteiger partial charge in [0.15, 0.2) is 0 Å². The third-order valence-electron chi connectivity index (χ3n) is 5.75. The molecular weight excluding hydrogens is 509 g/mol. The molecule has 1 atom stereocenters. The van der Waals surface area contributed by atoms with Crippen molar-refractivity contribution in [1.82, 2.24) is 0 Å². The van der Waals surface area contributed by atoms with Gasteiger partial charge in [0.05, 0.1) is 21.5 Å². The molecule has 0 radical (unpaired) electrons. The summed E-state index contributed by atoms with van der Waals surface area (Å²) in [5.41, 5.74) is 3.24. The van der Waals surface area contributed by atoms with E-state index in [1.54, 1.807) is 48.2 Å². The van der Waals surface area contributed by atoms with Crippen molar-refractivity contribution < 1.29 is 13.2 Å². The van der Waals surface area contributed by atoms with Crippen LogP contribution >= 0.6 is 23.5 Å². The smallest absolute Gasteiger partial charge is 0.261 e. The van der Waals surface area contributed by atoms with E-state index in [4.69, 9.17) is 0 Å². The Morgan fingerprint density at radius 3 is 1.97 bits per heavy atom. The van der Waals surface area contributed by atoms with Gasteiger partial charge in [-0.3, -0.25) is 14.4 Å². The van der Waals surface area contributed by atoms with Crippen molar-refractivity contribution in [2.24, 2.45) is 0 Å². The minimum Gasteiger partial charge on any atom is -0.280 e. The molecule has 4 aromatic rings. The number of benzene rings is 4. The number of aryl methyl sites for hydroxylation is 1. The number of sulfonamides is 1. The van der Waals surface area contributed by atoms with Crippen molar-refractivity contribution in [2.75, 3.05) is 9.62 Å². The van der Waals surface area contributed by atoms with E-state index in [1.165, 1.54) is 11.8 Å². The van der Waals surface area contributed by atoms with Crippen molar-refractivity contribution in [3.8, 4) is 0 Å². The van der Waals surface area contributed by atoms with Crippen LogP contribution < -0.4 is 9.62 Å². The predicted molar refractivity (Wildman–Crippen MR) is 148 cm³/mol. The number of nitrogens with one attached hydrogen (secondary N) is 1. The number of amides is 1. The van der Waals surface area contributed by atoms with Crippen LogP contribution in [0.15, 0.2) is 117 Å². The lowest BCUT2D eigenvalue weighted by Crippen LogP contribution is -2.34. The summed E-state index contributed by atoms with van der Waals surface area (Å²) in [7, 11) is -3.67. The molecule has 1 aliphatic rings. The molecule has 36 heavy (non-hydrogen) atoms. The molecule has 0 saturated heterocycles. The van der Waals surface area contributed by atoms with Crippen molar-refractivity contribution >= 4 is 56.5 Å². The minimum atomic E-state index is -3.67. The van der Waals surface area contributed by atoms with Crippen LogP contribution in [0, 0.1) is 6.92 Å². The van der Waals surface area contributed by atoms with Crippen LogP contribution in [-0.4, -0.2) is 19.6 Å². The zero-order valence-electron chi connectivity index (χ0n) is 19.7. The van der Waals surface area contributed by atoms with Gasteiger partial charge in [0.1, 0.15) is 0 Å². The van der Waals surface area contributed by atoms with Crippen LogP contribution in [0.5, 0.6) is 0 Å². The van der Waals surface area contributed by atoms with Crippen molar-refractivity contribution in [2.45, 2.75) is 38.7 Å². The van der Waals surface area contributed by atoms with Crippen LogP contribution in [-0.2, 0) is 14.8 Å². The molecule has 1 N–H and O–H groups in total. The summed E-state index contributed by atoms with van der Waals surface area (Å²) < 4.78 is 28.0. The predicted octanol–water partition coefficient (Wildman–Crippen LogP) is 7.11. The summed E-state index contributed by atoms with van der Waals surface area (Å²) >= 11 is 3.11. The molecule has 5 nitrogen and oxygen atoms in total. The molecule has 182 valence electrons. The lowest BCUT2D eigenvalue weighted by atomic mass is 10.2. The third-order valence-corrected chi connectivity index (χ3v) is 9.38. The zero-order valence-corrected chi connectivity index (χ0v) is 22.2. The lowest BCUT2D eigenvalue weighted by molar-refractivity contribution is -0.117. The van der Waals surface area contributed by atoms with Gasteiger partial charge < -0.3 is 0 Å². The second kappa shape index (κ2) is 10.0. The number of anilines is 3. The first-order valence-corrected chi connectivity index (χ1v) is 14.6. The van der Waals surface area contributed by atoms with Gasteiger partial charge in [-0.15, -0.1) is 11.8 Å². The number of hydrogen-bond acceptors (Lipinski definition) is 5. The summed E-state index contributed by atoms with van der Waals surface area (Å²) in [4.78, 5) is 18.7. The first-order chi connectivity index (χ1) is 17.3. The number of hydrogen-bond donors (Lipinski definition) is 1. The molecule has 4 aromatic carbocycles. The first kappa shape index (κ1) is 24.5. The van der Waals surface area contributed by atoms with Crippen LogP contribution in [0.2, 0.25) is 0 Å². The average Bonchev–Trinajstić information content (AvgIpc) is 2.88. The van der Waals surface area contributed by atoms with E-state index < -0.39 is 10.0 Å². The van der Waals surface area contributed by atoms with E-state index in [-0.39, 0.29) is 16.1 Å². The summed E-state index contributed by atoms with van der Waals surface area (Å²) in [5, 5.41) is -0.357. The Kier molecular flexibility index (Phi) is 6.83. The molecule has 0 aromatic heterocycles. The molecular formula is C28H24N2O3S3. The Balaban J connectivity index is 1.32. The van der Waals surface area contributed by atoms with Gasteiger partial charge in [-0.1, -0.05) is 53.7 Å². The monoisotopic (exact) mass is 532 g/mol. The Hall–Kier alpha value is -3.20. The standard InChI is InChI=1S/C28H24N2O3S3/c1-19-11-17-23(18-12-19)36(32,33)29-21-13-15-22(16-14-21)34-20(2)28(31)30-24-7-3-5-9-26(24)35-27-10-6-4-8-25(27)30/h3-18,20,29H,1-2H3. The maximum absolute atomic E-state index is 13.7. The van der Waals surface area contributed by atoms with Crippen LogP contribution in [0.4, 0.5) is 17.1 Å². The fraction of sp³-hybridized carbons (Fsp3) is 0.107. The maximum Gasteiger partial charge on any atom is 0.261 e. The van der Waals surface area contributed by atoms with Gasteiger partial charge in [-0.05, 0) is 74.5 Å². The van der Waals surface area contributed by atoms with E-state index in [2.05, 4.69) is 4.72 Å². The Morgan fingerprint density at radius 1 is 0.833 bits per heavy atom. The molecule has 5 rings (SSSR count). The number of carbonyl (C=O) groups is 1. The van der Waals surface area contributed by atoms with Crippen molar-refractivity contribution in [3.05, 3.63) is 103 Å². The Morgan fingerprint density at radius 2 is 1.39 bits per heavy atom. The van der Waals surface area contributed by atoms with Gasteiger partial charge in [0, 0.05) is 20.4 Å². The van der Waals surface area contributed by atoms with Crippen LogP contribution in [0.25, 0.3) is 0 Å².